The third-order valence-electron chi connectivity index (χ3n) is 7.28. The summed E-state index contributed by atoms with van der Waals surface area (Å²) in [6.07, 6.45) is -14.2. The van der Waals surface area contributed by atoms with Crippen LogP contribution in [0.4, 0.5) is 41.2 Å². The number of amides is 2. The van der Waals surface area contributed by atoms with Gasteiger partial charge in [0, 0.05) is 25.1 Å². The number of aliphatic hydroxyl groups is 1. The maximum atomic E-state index is 13.7. The van der Waals surface area contributed by atoms with Gasteiger partial charge in [-0.3, -0.25) is 9.10 Å². The monoisotopic (exact) mass is 627 g/mol. The van der Waals surface area contributed by atoms with Crippen molar-refractivity contribution >= 4 is 27.7 Å². The van der Waals surface area contributed by atoms with E-state index in [1.165, 1.54) is 4.90 Å². The molecule has 4 rings (SSSR count). The molecule has 3 N–H and O–H groups in total. The van der Waals surface area contributed by atoms with E-state index in [9.17, 15) is 53.8 Å². The fraction of sp³-hybridized carbons (Fsp3) is 0.440. The summed E-state index contributed by atoms with van der Waals surface area (Å²) >= 11 is 0. The Kier molecular flexibility index (Phi) is 8.14. The number of anilines is 1. The van der Waals surface area contributed by atoms with Crippen LogP contribution in [0.1, 0.15) is 30.4 Å². The first-order chi connectivity index (χ1) is 19.4. The molecule has 17 heteroatoms. The number of fused-ring (bicyclic) bond motifs is 1. The summed E-state index contributed by atoms with van der Waals surface area (Å²) in [6.45, 7) is 0.171. The van der Waals surface area contributed by atoms with Gasteiger partial charge in [-0.05, 0) is 55.2 Å². The highest BCUT2D eigenvalue weighted by Crippen LogP contribution is 2.51. The number of carboxylic acid groups (broad SMARTS) is 1. The maximum Gasteiger partial charge on any atom is 0.430 e. The molecule has 0 aliphatic carbocycles. The fourth-order valence-corrected chi connectivity index (χ4v) is 6.91. The summed E-state index contributed by atoms with van der Waals surface area (Å²) in [7, 11) is -4.64. The summed E-state index contributed by atoms with van der Waals surface area (Å²) in [4.78, 5) is 24.9. The van der Waals surface area contributed by atoms with Crippen LogP contribution in [0.3, 0.4) is 0 Å². The van der Waals surface area contributed by atoms with Gasteiger partial charge in [0.15, 0.2) is 0 Å². The van der Waals surface area contributed by atoms with Gasteiger partial charge in [-0.1, -0.05) is 12.1 Å². The SMILES string of the molecule is O=C(O)NC1CCN(C(=O)CC2CCc3cc(C(O)(C(F)(F)F)C(F)(F)F)ccc3N2S(=O)(=O)c2ccc(F)cc2)C1. The number of aryl methyl sites for hydroxylation is 1. The molecule has 1 fully saturated rings. The Morgan fingerprint density at radius 2 is 1.60 bits per heavy atom. The van der Waals surface area contributed by atoms with Crippen LogP contribution < -0.4 is 9.62 Å². The first-order valence-corrected chi connectivity index (χ1v) is 13.9. The van der Waals surface area contributed by atoms with Crippen LogP contribution in [-0.4, -0.2) is 73.1 Å². The number of halogens is 7. The highest BCUT2D eigenvalue weighted by molar-refractivity contribution is 7.92. The van der Waals surface area contributed by atoms with Crippen LogP contribution in [-0.2, 0) is 26.8 Å². The average molecular weight is 628 g/mol. The van der Waals surface area contributed by atoms with Crippen molar-refractivity contribution in [3.8, 4) is 0 Å². The number of sulfonamides is 1. The molecule has 0 bridgehead atoms. The van der Waals surface area contributed by atoms with Crippen molar-refractivity contribution in [3.63, 3.8) is 0 Å². The molecule has 42 heavy (non-hydrogen) atoms. The Bertz CT molecular complexity index is 1450. The molecule has 2 amide bonds. The van der Waals surface area contributed by atoms with Crippen LogP contribution in [0, 0.1) is 5.82 Å². The second-order valence-corrected chi connectivity index (χ2v) is 11.8. The van der Waals surface area contributed by atoms with Crippen molar-refractivity contribution in [2.75, 3.05) is 17.4 Å². The summed E-state index contributed by atoms with van der Waals surface area (Å²) in [5.41, 5.74) is -7.38. The number of likely N-dealkylation sites (tertiary alicyclic amines) is 1. The van der Waals surface area contributed by atoms with Crippen molar-refractivity contribution in [1.29, 1.82) is 0 Å². The summed E-state index contributed by atoms with van der Waals surface area (Å²) in [5.74, 6) is -1.33. The van der Waals surface area contributed by atoms with Crippen LogP contribution in [0.15, 0.2) is 47.4 Å². The zero-order valence-corrected chi connectivity index (χ0v) is 22.2. The van der Waals surface area contributed by atoms with E-state index in [0.29, 0.717) is 28.9 Å². The van der Waals surface area contributed by atoms with Gasteiger partial charge in [0.25, 0.3) is 15.6 Å². The van der Waals surface area contributed by atoms with Gasteiger partial charge in [0.2, 0.25) is 5.91 Å². The van der Waals surface area contributed by atoms with Gasteiger partial charge in [-0.2, -0.15) is 26.3 Å². The zero-order chi connectivity index (χ0) is 31.3. The Morgan fingerprint density at radius 3 is 2.17 bits per heavy atom. The Balaban J connectivity index is 1.75. The number of hydrogen-bond donors (Lipinski definition) is 3. The smallest absolute Gasteiger partial charge is 0.430 e. The van der Waals surface area contributed by atoms with Crippen molar-refractivity contribution in [2.24, 2.45) is 0 Å². The summed E-state index contributed by atoms with van der Waals surface area (Å²) < 4.78 is 123. The average Bonchev–Trinajstić information content (AvgIpc) is 3.34. The largest absolute Gasteiger partial charge is 0.465 e. The number of hydrogen-bond acceptors (Lipinski definition) is 5. The predicted octanol–water partition coefficient (Wildman–Crippen LogP) is 3.91. The van der Waals surface area contributed by atoms with Crippen molar-refractivity contribution in [3.05, 3.63) is 59.4 Å². The van der Waals surface area contributed by atoms with Crippen LogP contribution >= 0.6 is 0 Å². The predicted molar refractivity (Wildman–Crippen MR) is 131 cm³/mol. The van der Waals surface area contributed by atoms with E-state index in [4.69, 9.17) is 5.11 Å². The second-order valence-electron chi connectivity index (χ2n) is 9.98. The minimum absolute atomic E-state index is 0.00990. The minimum Gasteiger partial charge on any atom is -0.465 e. The number of benzene rings is 2. The third-order valence-corrected chi connectivity index (χ3v) is 9.16. The summed E-state index contributed by atoms with van der Waals surface area (Å²) in [5, 5.41) is 21.0. The zero-order valence-electron chi connectivity index (χ0n) is 21.4. The third kappa shape index (κ3) is 5.71. The molecule has 2 aromatic rings. The minimum atomic E-state index is -6.16. The standard InChI is InChI=1S/C25H24F7N3O6S/c26-16-3-6-19(7-4-16)42(40,41)35-18(12-21(36)34-10-9-17(13-34)33-22(37)38)5-1-14-11-15(2-8-20(14)35)23(39,24(27,28)29)25(30,31)32/h2-4,6-8,11,17-18,33,39H,1,5,9-10,12-13H2,(H,37,38). The molecule has 0 aromatic heterocycles. The van der Waals surface area contributed by atoms with Gasteiger partial charge in [0.05, 0.1) is 22.7 Å². The number of alkyl halides is 6. The molecule has 9 nitrogen and oxygen atoms in total. The molecule has 230 valence electrons. The number of nitrogens with zero attached hydrogens (tertiary/aromatic N) is 2. The van der Waals surface area contributed by atoms with Gasteiger partial charge >= 0.3 is 18.4 Å². The first-order valence-electron chi connectivity index (χ1n) is 12.4. The molecule has 2 aliphatic heterocycles. The lowest BCUT2D eigenvalue weighted by Crippen LogP contribution is -2.54. The topological polar surface area (TPSA) is 127 Å². The molecule has 1 saturated heterocycles. The van der Waals surface area contributed by atoms with Crippen LogP contribution in [0.5, 0.6) is 0 Å². The lowest BCUT2D eigenvalue weighted by Gasteiger charge is -2.39. The second kappa shape index (κ2) is 10.9. The van der Waals surface area contributed by atoms with Crippen molar-refractivity contribution in [2.45, 2.75) is 60.6 Å². The molecule has 2 unspecified atom stereocenters. The fourth-order valence-electron chi connectivity index (χ4n) is 5.19. The van der Waals surface area contributed by atoms with E-state index >= 15 is 0 Å². The van der Waals surface area contributed by atoms with Gasteiger partial charge in [-0.15, -0.1) is 0 Å². The number of nitrogens with one attached hydrogen (secondary N) is 1. The van der Waals surface area contributed by atoms with Gasteiger partial charge in [-0.25, -0.2) is 17.6 Å². The first kappa shape index (κ1) is 31.3. The van der Waals surface area contributed by atoms with Crippen LogP contribution in [0.25, 0.3) is 0 Å². The number of rotatable bonds is 6. The van der Waals surface area contributed by atoms with E-state index in [1.807, 2.05) is 0 Å². The van der Waals surface area contributed by atoms with Crippen molar-refractivity contribution < 1.29 is 59.0 Å². The Labute approximate surface area is 234 Å². The molecule has 2 aliphatic rings. The van der Waals surface area contributed by atoms with E-state index in [-0.39, 0.29) is 37.2 Å². The van der Waals surface area contributed by atoms with Gasteiger partial charge in [0.1, 0.15) is 5.82 Å². The maximum absolute atomic E-state index is 13.7. The molecular weight excluding hydrogens is 603 g/mol. The molecule has 2 atom stereocenters. The van der Waals surface area contributed by atoms with E-state index in [1.54, 1.807) is 0 Å². The molecule has 2 aromatic carbocycles. The van der Waals surface area contributed by atoms with E-state index < -0.39 is 74.8 Å². The normalized spacial score (nSPS) is 19.9. The lowest BCUT2D eigenvalue weighted by atomic mass is 9.87. The highest BCUT2D eigenvalue weighted by atomic mass is 32.2. The Morgan fingerprint density at radius 1 is 0.976 bits per heavy atom. The van der Waals surface area contributed by atoms with E-state index in [0.717, 1.165) is 24.3 Å². The molecule has 2 heterocycles. The summed E-state index contributed by atoms with van der Waals surface area (Å²) in [6, 6.07) is 3.26. The number of carbonyl (C=O) groups is 2. The molecular formula is C25H24F7N3O6S. The number of carbonyl (C=O) groups excluding carboxylic acids is 1. The van der Waals surface area contributed by atoms with Crippen molar-refractivity contribution in [1.82, 2.24) is 10.2 Å². The highest BCUT2D eigenvalue weighted by Gasteiger charge is 2.71. The molecule has 0 spiro atoms. The Hall–Kier alpha value is -3.60. The van der Waals surface area contributed by atoms with E-state index in [2.05, 4.69) is 5.32 Å². The molecule has 0 saturated carbocycles. The lowest BCUT2D eigenvalue weighted by molar-refractivity contribution is -0.376. The molecule has 0 radical (unpaired) electrons. The van der Waals surface area contributed by atoms with Crippen LogP contribution in [0.2, 0.25) is 0 Å². The van der Waals surface area contributed by atoms with Gasteiger partial charge < -0.3 is 20.4 Å². The quantitative estimate of drug-likeness (QED) is 0.417.